The molecule has 1 unspecified atom stereocenters. The highest BCUT2D eigenvalue weighted by Gasteiger charge is 2.09. The fourth-order valence-electron chi connectivity index (χ4n) is 1.38. The molecule has 92 valence electrons. The molecule has 0 aromatic carbocycles. The summed E-state index contributed by atoms with van der Waals surface area (Å²) < 4.78 is 14.3. The van der Waals surface area contributed by atoms with Crippen molar-refractivity contribution in [3.05, 3.63) is 24.1 Å². The summed E-state index contributed by atoms with van der Waals surface area (Å²) in [7, 11) is 0. The lowest BCUT2D eigenvalue weighted by molar-refractivity contribution is 0.510. The van der Waals surface area contributed by atoms with E-state index in [4.69, 9.17) is 5.73 Å². The van der Waals surface area contributed by atoms with E-state index in [1.165, 1.54) is 16.8 Å². The summed E-state index contributed by atoms with van der Waals surface area (Å²) in [4.78, 5) is 4.20. The van der Waals surface area contributed by atoms with Gasteiger partial charge in [-0.2, -0.15) is 4.98 Å². The standard InChI is InChI=1S/C11H16FN5/c1-7(2)9(13)5-14-11-15-10-4-3-8(12)6-17(10)16-11/h3-4,6-7,9H,5,13H2,1-2H3,(H,14,16). The highest BCUT2D eigenvalue weighted by atomic mass is 19.1. The molecular formula is C11H16FN5. The molecule has 0 saturated heterocycles. The minimum absolute atomic E-state index is 0.0401. The summed E-state index contributed by atoms with van der Waals surface area (Å²) in [5.41, 5.74) is 6.50. The van der Waals surface area contributed by atoms with Gasteiger partial charge in [0.05, 0.1) is 6.20 Å². The summed E-state index contributed by atoms with van der Waals surface area (Å²) >= 11 is 0. The Morgan fingerprint density at radius 1 is 1.47 bits per heavy atom. The van der Waals surface area contributed by atoms with Gasteiger partial charge in [-0.15, -0.1) is 5.10 Å². The molecule has 0 fully saturated rings. The number of nitrogens with zero attached hydrogens (tertiary/aromatic N) is 3. The molecule has 2 aromatic rings. The van der Waals surface area contributed by atoms with E-state index in [-0.39, 0.29) is 11.9 Å². The molecule has 0 spiro atoms. The molecule has 5 nitrogen and oxygen atoms in total. The van der Waals surface area contributed by atoms with Crippen molar-refractivity contribution in [2.24, 2.45) is 11.7 Å². The Balaban J connectivity index is 2.09. The molecule has 0 aliphatic carbocycles. The van der Waals surface area contributed by atoms with Crippen LogP contribution in [0.4, 0.5) is 10.3 Å². The van der Waals surface area contributed by atoms with Gasteiger partial charge < -0.3 is 11.1 Å². The first-order valence-corrected chi connectivity index (χ1v) is 5.57. The Morgan fingerprint density at radius 2 is 2.24 bits per heavy atom. The Hall–Kier alpha value is -1.69. The van der Waals surface area contributed by atoms with Gasteiger partial charge in [0, 0.05) is 12.6 Å². The summed E-state index contributed by atoms with van der Waals surface area (Å²) in [6.45, 7) is 4.70. The van der Waals surface area contributed by atoms with Crippen LogP contribution in [-0.2, 0) is 0 Å². The highest BCUT2D eigenvalue weighted by molar-refractivity contribution is 5.43. The molecule has 2 heterocycles. The predicted octanol–water partition coefficient (Wildman–Crippen LogP) is 1.26. The van der Waals surface area contributed by atoms with Crippen molar-refractivity contribution in [1.82, 2.24) is 14.6 Å². The zero-order chi connectivity index (χ0) is 12.4. The SMILES string of the molecule is CC(C)C(N)CNc1nc2ccc(F)cn2n1. The largest absolute Gasteiger partial charge is 0.351 e. The third kappa shape index (κ3) is 2.71. The number of nitrogens with one attached hydrogen (secondary N) is 1. The van der Waals surface area contributed by atoms with E-state index < -0.39 is 0 Å². The molecule has 0 bridgehead atoms. The number of pyridine rings is 1. The summed E-state index contributed by atoms with van der Waals surface area (Å²) in [5, 5.41) is 7.15. The first kappa shape index (κ1) is 11.8. The predicted molar refractivity (Wildman–Crippen MR) is 64.2 cm³/mol. The summed E-state index contributed by atoms with van der Waals surface area (Å²) in [5.74, 6) is 0.511. The zero-order valence-corrected chi connectivity index (χ0v) is 9.89. The molecule has 0 saturated carbocycles. The van der Waals surface area contributed by atoms with Crippen LogP contribution >= 0.6 is 0 Å². The third-order valence-electron chi connectivity index (χ3n) is 2.65. The maximum Gasteiger partial charge on any atom is 0.243 e. The van der Waals surface area contributed by atoms with Crippen LogP contribution in [-0.4, -0.2) is 27.2 Å². The maximum atomic E-state index is 12.9. The van der Waals surface area contributed by atoms with Gasteiger partial charge in [-0.05, 0) is 18.1 Å². The number of rotatable bonds is 4. The molecule has 0 radical (unpaired) electrons. The normalized spacial score (nSPS) is 13.2. The van der Waals surface area contributed by atoms with E-state index in [0.717, 1.165) is 0 Å². The van der Waals surface area contributed by atoms with E-state index >= 15 is 0 Å². The lowest BCUT2D eigenvalue weighted by Gasteiger charge is -2.14. The van der Waals surface area contributed by atoms with Crippen molar-refractivity contribution < 1.29 is 4.39 Å². The van der Waals surface area contributed by atoms with Crippen molar-refractivity contribution in [2.75, 3.05) is 11.9 Å². The van der Waals surface area contributed by atoms with Crippen LogP contribution in [0, 0.1) is 11.7 Å². The number of aromatic nitrogens is 3. The van der Waals surface area contributed by atoms with E-state index in [1.807, 2.05) is 0 Å². The van der Waals surface area contributed by atoms with Crippen molar-refractivity contribution in [1.29, 1.82) is 0 Å². The Labute approximate surface area is 98.8 Å². The molecular weight excluding hydrogens is 221 g/mol. The molecule has 2 rings (SSSR count). The first-order valence-electron chi connectivity index (χ1n) is 5.57. The smallest absolute Gasteiger partial charge is 0.243 e. The molecule has 17 heavy (non-hydrogen) atoms. The van der Waals surface area contributed by atoms with E-state index in [0.29, 0.717) is 24.1 Å². The fraction of sp³-hybridized carbons (Fsp3) is 0.455. The van der Waals surface area contributed by atoms with Crippen molar-refractivity contribution in [3.63, 3.8) is 0 Å². The molecule has 2 aromatic heterocycles. The van der Waals surface area contributed by atoms with Crippen LogP contribution in [0.2, 0.25) is 0 Å². The Kier molecular flexibility index (Phi) is 3.23. The van der Waals surface area contributed by atoms with Crippen molar-refractivity contribution >= 4 is 11.6 Å². The highest BCUT2D eigenvalue weighted by Crippen LogP contribution is 2.07. The average Bonchev–Trinajstić information content (AvgIpc) is 2.67. The number of fused-ring (bicyclic) bond motifs is 1. The second-order valence-electron chi connectivity index (χ2n) is 4.37. The third-order valence-corrected chi connectivity index (χ3v) is 2.65. The maximum absolute atomic E-state index is 12.9. The molecule has 0 aliphatic rings. The zero-order valence-electron chi connectivity index (χ0n) is 9.89. The van der Waals surface area contributed by atoms with Gasteiger partial charge in [-0.25, -0.2) is 8.91 Å². The molecule has 6 heteroatoms. The second kappa shape index (κ2) is 4.67. The monoisotopic (exact) mass is 237 g/mol. The summed E-state index contributed by atoms with van der Waals surface area (Å²) in [6.07, 6.45) is 1.29. The number of anilines is 1. The van der Waals surface area contributed by atoms with Gasteiger partial charge in [0.1, 0.15) is 5.82 Å². The van der Waals surface area contributed by atoms with Crippen LogP contribution in [0.3, 0.4) is 0 Å². The quantitative estimate of drug-likeness (QED) is 0.840. The number of hydrogen-bond donors (Lipinski definition) is 2. The topological polar surface area (TPSA) is 68.2 Å². The minimum atomic E-state index is -0.340. The van der Waals surface area contributed by atoms with Crippen molar-refractivity contribution in [3.8, 4) is 0 Å². The van der Waals surface area contributed by atoms with E-state index in [9.17, 15) is 4.39 Å². The van der Waals surface area contributed by atoms with Crippen LogP contribution in [0.15, 0.2) is 18.3 Å². The van der Waals surface area contributed by atoms with E-state index in [2.05, 4.69) is 29.2 Å². The van der Waals surface area contributed by atoms with Crippen LogP contribution in [0.5, 0.6) is 0 Å². The van der Waals surface area contributed by atoms with Gasteiger partial charge in [0.15, 0.2) is 5.65 Å². The molecule has 1 atom stereocenters. The number of nitrogens with two attached hydrogens (primary N) is 1. The van der Waals surface area contributed by atoms with E-state index in [1.54, 1.807) is 6.07 Å². The average molecular weight is 237 g/mol. The number of halogens is 1. The van der Waals surface area contributed by atoms with Gasteiger partial charge in [-0.3, -0.25) is 0 Å². The number of hydrogen-bond acceptors (Lipinski definition) is 4. The molecule has 0 amide bonds. The van der Waals surface area contributed by atoms with Crippen LogP contribution in [0.1, 0.15) is 13.8 Å². The van der Waals surface area contributed by atoms with Crippen LogP contribution < -0.4 is 11.1 Å². The molecule has 0 aliphatic heterocycles. The summed E-state index contributed by atoms with van der Waals surface area (Å²) in [6, 6.07) is 2.97. The molecule has 3 N–H and O–H groups in total. The van der Waals surface area contributed by atoms with Gasteiger partial charge in [0.25, 0.3) is 0 Å². The van der Waals surface area contributed by atoms with Gasteiger partial charge in [0.2, 0.25) is 5.95 Å². The Morgan fingerprint density at radius 3 is 2.94 bits per heavy atom. The lowest BCUT2D eigenvalue weighted by Crippen LogP contribution is -2.34. The lowest BCUT2D eigenvalue weighted by atomic mass is 10.1. The second-order valence-corrected chi connectivity index (χ2v) is 4.37. The van der Waals surface area contributed by atoms with Crippen molar-refractivity contribution in [2.45, 2.75) is 19.9 Å². The van der Waals surface area contributed by atoms with Crippen LogP contribution in [0.25, 0.3) is 5.65 Å². The van der Waals surface area contributed by atoms with Gasteiger partial charge in [-0.1, -0.05) is 13.8 Å². The fourth-order valence-corrected chi connectivity index (χ4v) is 1.38. The first-order chi connectivity index (χ1) is 8.06. The van der Waals surface area contributed by atoms with Gasteiger partial charge >= 0.3 is 0 Å². The Bertz CT molecular complexity index is 508. The minimum Gasteiger partial charge on any atom is -0.351 e.